The quantitative estimate of drug-likeness (QED) is 0.696. The molecule has 29 heavy (non-hydrogen) atoms. The minimum absolute atomic E-state index is 0.0970. The van der Waals surface area contributed by atoms with E-state index in [1.54, 1.807) is 11.8 Å². The molecule has 1 aliphatic heterocycles. The van der Waals surface area contributed by atoms with Gasteiger partial charge in [-0.25, -0.2) is 4.68 Å². The lowest BCUT2D eigenvalue weighted by Gasteiger charge is -2.37. The molecule has 0 spiro atoms. The first-order valence-electron chi connectivity index (χ1n) is 9.81. The van der Waals surface area contributed by atoms with Crippen LogP contribution in [0.2, 0.25) is 0 Å². The standard InChI is InChI=1S/C22H25N5O2/c1-4-15-9-11-16(12-10-15)20-19(14(2)25-22-23-13-24-27(20)22)21(28)26-17-7-5-6-8-18(17)29-3/h5-14,19-20H,4H2,1-3H3,(H,26,28)(H,23,24,25)/t14-,19-,20-/m0/s1. The summed E-state index contributed by atoms with van der Waals surface area (Å²) in [6.45, 7) is 4.12. The third-order valence-corrected chi connectivity index (χ3v) is 5.47. The van der Waals surface area contributed by atoms with E-state index in [0.29, 0.717) is 17.4 Å². The SMILES string of the molecule is CCc1ccc([C@H]2[C@@H](C(=O)Nc3ccccc3OC)[C@H](C)Nc3ncnn32)cc1. The number of hydrogen-bond acceptors (Lipinski definition) is 5. The van der Waals surface area contributed by atoms with Crippen molar-refractivity contribution in [3.63, 3.8) is 0 Å². The summed E-state index contributed by atoms with van der Waals surface area (Å²) in [5, 5.41) is 10.7. The number of aromatic nitrogens is 3. The second kappa shape index (κ2) is 7.95. The summed E-state index contributed by atoms with van der Waals surface area (Å²) >= 11 is 0. The van der Waals surface area contributed by atoms with Gasteiger partial charge in [0.25, 0.3) is 0 Å². The van der Waals surface area contributed by atoms with Gasteiger partial charge in [-0.1, -0.05) is 43.3 Å². The number of para-hydroxylation sites is 2. The molecule has 1 aromatic heterocycles. The predicted molar refractivity (Wildman–Crippen MR) is 112 cm³/mol. The average Bonchev–Trinajstić information content (AvgIpc) is 3.21. The Hall–Kier alpha value is -3.35. The van der Waals surface area contributed by atoms with E-state index >= 15 is 0 Å². The lowest BCUT2D eigenvalue weighted by molar-refractivity contribution is -0.121. The van der Waals surface area contributed by atoms with Gasteiger partial charge in [-0.05, 0) is 36.6 Å². The van der Waals surface area contributed by atoms with Gasteiger partial charge >= 0.3 is 0 Å². The van der Waals surface area contributed by atoms with E-state index in [9.17, 15) is 4.79 Å². The molecule has 7 nitrogen and oxygen atoms in total. The maximum Gasteiger partial charge on any atom is 0.232 e. The molecule has 0 fully saturated rings. The van der Waals surface area contributed by atoms with Crippen molar-refractivity contribution in [1.82, 2.24) is 14.8 Å². The molecule has 0 unspecified atom stereocenters. The molecule has 3 aromatic rings. The first kappa shape index (κ1) is 19.0. The number of carbonyl (C=O) groups excluding carboxylic acids is 1. The summed E-state index contributed by atoms with van der Waals surface area (Å²) in [4.78, 5) is 17.7. The van der Waals surface area contributed by atoms with Gasteiger partial charge in [-0.2, -0.15) is 10.1 Å². The lowest BCUT2D eigenvalue weighted by Crippen LogP contribution is -2.46. The zero-order valence-electron chi connectivity index (χ0n) is 16.8. The topological polar surface area (TPSA) is 81.1 Å². The molecule has 0 saturated carbocycles. The van der Waals surface area contributed by atoms with Crippen molar-refractivity contribution < 1.29 is 9.53 Å². The van der Waals surface area contributed by atoms with Crippen molar-refractivity contribution in [2.45, 2.75) is 32.4 Å². The molecule has 1 aliphatic rings. The zero-order chi connectivity index (χ0) is 20.4. The van der Waals surface area contributed by atoms with Crippen LogP contribution in [0.25, 0.3) is 0 Å². The number of hydrogen-bond donors (Lipinski definition) is 2. The zero-order valence-corrected chi connectivity index (χ0v) is 16.8. The Morgan fingerprint density at radius 1 is 1.21 bits per heavy atom. The van der Waals surface area contributed by atoms with Crippen molar-refractivity contribution in [3.05, 3.63) is 66.0 Å². The molecule has 0 aliphatic carbocycles. The molecule has 0 bridgehead atoms. The van der Waals surface area contributed by atoms with Crippen LogP contribution in [0.5, 0.6) is 5.75 Å². The molecule has 2 heterocycles. The van der Waals surface area contributed by atoms with Gasteiger partial charge in [0.1, 0.15) is 12.1 Å². The van der Waals surface area contributed by atoms with E-state index < -0.39 is 0 Å². The number of anilines is 2. The maximum atomic E-state index is 13.4. The summed E-state index contributed by atoms with van der Waals surface area (Å²) < 4.78 is 7.18. The van der Waals surface area contributed by atoms with Crippen molar-refractivity contribution in [1.29, 1.82) is 0 Å². The van der Waals surface area contributed by atoms with E-state index in [0.717, 1.165) is 12.0 Å². The second-order valence-corrected chi connectivity index (χ2v) is 7.22. The number of methoxy groups -OCH3 is 1. The minimum atomic E-state index is -0.387. The molecule has 1 amide bonds. The van der Waals surface area contributed by atoms with Crippen molar-refractivity contribution >= 4 is 17.5 Å². The number of nitrogens with one attached hydrogen (secondary N) is 2. The molecule has 3 atom stereocenters. The summed E-state index contributed by atoms with van der Waals surface area (Å²) in [7, 11) is 1.59. The van der Waals surface area contributed by atoms with E-state index in [1.165, 1.54) is 11.9 Å². The van der Waals surface area contributed by atoms with E-state index in [2.05, 4.69) is 51.9 Å². The number of fused-ring (bicyclic) bond motifs is 1. The number of nitrogens with zero attached hydrogens (tertiary/aromatic N) is 3. The van der Waals surface area contributed by atoms with Crippen LogP contribution >= 0.6 is 0 Å². The first-order chi connectivity index (χ1) is 14.1. The highest BCUT2D eigenvalue weighted by molar-refractivity contribution is 5.95. The van der Waals surface area contributed by atoms with Gasteiger partial charge in [-0.15, -0.1) is 0 Å². The summed E-state index contributed by atoms with van der Waals surface area (Å²) in [5.41, 5.74) is 2.93. The molecular weight excluding hydrogens is 366 g/mol. The smallest absolute Gasteiger partial charge is 0.232 e. The van der Waals surface area contributed by atoms with E-state index in [-0.39, 0.29) is 23.9 Å². The van der Waals surface area contributed by atoms with Crippen LogP contribution in [0.4, 0.5) is 11.6 Å². The number of carbonyl (C=O) groups is 1. The summed E-state index contributed by atoms with van der Waals surface area (Å²) in [6.07, 6.45) is 2.48. The highest BCUT2D eigenvalue weighted by Gasteiger charge is 2.41. The highest BCUT2D eigenvalue weighted by atomic mass is 16.5. The van der Waals surface area contributed by atoms with Gasteiger partial charge in [0.05, 0.1) is 24.8 Å². The molecule has 150 valence electrons. The van der Waals surface area contributed by atoms with Crippen LogP contribution in [-0.4, -0.2) is 33.8 Å². The number of ether oxygens (including phenoxy) is 1. The third-order valence-electron chi connectivity index (χ3n) is 5.47. The lowest BCUT2D eigenvalue weighted by atomic mass is 9.85. The molecule has 4 rings (SSSR count). The number of benzene rings is 2. The normalized spacial score (nSPS) is 20.4. The van der Waals surface area contributed by atoms with Gasteiger partial charge in [0.15, 0.2) is 0 Å². The van der Waals surface area contributed by atoms with Crippen LogP contribution < -0.4 is 15.4 Å². The molecule has 2 aromatic carbocycles. The van der Waals surface area contributed by atoms with Crippen molar-refractivity contribution in [2.24, 2.45) is 5.92 Å². The summed E-state index contributed by atoms with van der Waals surface area (Å²) in [5.74, 6) is 0.813. The Morgan fingerprint density at radius 2 is 1.97 bits per heavy atom. The number of aryl methyl sites for hydroxylation is 1. The monoisotopic (exact) mass is 391 g/mol. The number of rotatable bonds is 5. The minimum Gasteiger partial charge on any atom is -0.495 e. The number of amides is 1. The average molecular weight is 391 g/mol. The molecule has 2 N–H and O–H groups in total. The van der Waals surface area contributed by atoms with Crippen LogP contribution in [0, 0.1) is 5.92 Å². The van der Waals surface area contributed by atoms with Gasteiger partial charge in [0, 0.05) is 6.04 Å². The van der Waals surface area contributed by atoms with Crippen LogP contribution in [0.15, 0.2) is 54.9 Å². The molecule has 7 heteroatoms. The van der Waals surface area contributed by atoms with Gasteiger partial charge in [0.2, 0.25) is 11.9 Å². The Bertz CT molecular complexity index is 998. The fourth-order valence-corrected chi connectivity index (χ4v) is 3.91. The summed E-state index contributed by atoms with van der Waals surface area (Å²) in [6, 6.07) is 15.4. The van der Waals surface area contributed by atoms with Crippen LogP contribution in [-0.2, 0) is 11.2 Å². The fraction of sp³-hybridized carbons (Fsp3) is 0.318. The van der Waals surface area contributed by atoms with E-state index in [4.69, 9.17) is 4.74 Å². The first-order valence-corrected chi connectivity index (χ1v) is 9.81. The van der Waals surface area contributed by atoms with Crippen molar-refractivity contribution in [2.75, 3.05) is 17.7 Å². The van der Waals surface area contributed by atoms with Crippen LogP contribution in [0.3, 0.4) is 0 Å². The Kier molecular flexibility index (Phi) is 5.20. The predicted octanol–water partition coefficient (Wildman–Crippen LogP) is 3.51. The largest absolute Gasteiger partial charge is 0.495 e. The Morgan fingerprint density at radius 3 is 2.69 bits per heavy atom. The van der Waals surface area contributed by atoms with Gasteiger partial charge in [-0.3, -0.25) is 4.79 Å². The van der Waals surface area contributed by atoms with E-state index in [1.807, 2.05) is 31.2 Å². The maximum absolute atomic E-state index is 13.4. The van der Waals surface area contributed by atoms with Crippen LogP contribution in [0.1, 0.15) is 31.0 Å². The second-order valence-electron chi connectivity index (χ2n) is 7.22. The van der Waals surface area contributed by atoms with Gasteiger partial charge < -0.3 is 15.4 Å². The van der Waals surface area contributed by atoms with Crippen molar-refractivity contribution in [3.8, 4) is 5.75 Å². The highest BCUT2D eigenvalue weighted by Crippen LogP contribution is 2.37. The molecular formula is C22H25N5O2. The molecule has 0 radical (unpaired) electrons. The Labute approximate surface area is 170 Å². The third kappa shape index (κ3) is 3.55. The fourth-order valence-electron chi connectivity index (χ4n) is 3.91. The molecule has 0 saturated heterocycles. The Balaban J connectivity index is 1.71.